The van der Waals surface area contributed by atoms with E-state index in [1.807, 2.05) is 47.5 Å². The fourth-order valence-corrected chi connectivity index (χ4v) is 3.63. The zero-order valence-corrected chi connectivity index (χ0v) is 15.1. The first-order chi connectivity index (χ1) is 13.2. The molecule has 3 aromatic rings. The number of aromatic nitrogens is 1. The minimum atomic E-state index is -0.365. The van der Waals surface area contributed by atoms with Gasteiger partial charge in [0.1, 0.15) is 0 Å². The van der Waals surface area contributed by atoms with Crippen molar-refractivity contribution in [2.75, 3.05) is 26.7 Å². The van der Waals surface area contributed by atoms with Gasteiger partial charge in [-0.3, -0.25) is 4.79 Å². The number of hydrogen-bond acceptors (Lipinski definition) is 4. The molecule has 1 unspecified atom stereocenters. The summed E-state index contributed by atoms with van der Waals surface area (Å²) in [6.07, 6.45) is 1.85. The van der Waals surface area contributed by atoms with Crippen molar-refractivity contribution >= 4 is 22.8 Å². The Morgan fingerprint density at radius 2 is 1.93 bits per heavy atom. The van der Waals surface area contributed by atoms with Gasteiger partial charge in [0.25, 0.3) is 5.91 Å². The Morgan fingerprint density at radius 1 is 1.11 bits per heavy atom. The second-order valence-corrected chi connectivity index (χ2v) is 6.58. The highest BCUT2D eigenvalue weighted by molar-refractivity contribution is 6.06. The van der Waals surface area contributed by atoms with E-state index in [1.54, 1.807) is 12.1 Å². The van der Waals surface area contributed by atoms with Crippen molar-refractivity contribution in [3.05, 3.63) is 71.4 Å². The normalized spacial score (nSPS) is 17.1. The van der Waals surface area contributed by atoms with Crippen molar-refractivity contribution in [3.8, 4) is 0 Å². The first kappa shape index (κ1) is 17.3. The van der Waals surface area contributed by atoms with Crippen LogP contribution < -0.4 is 5.32 Å². The number of ether oxygens (including phenoxy) is 1. The maximum atomic E-state index is 13.3. The summed E-state index contributed by atoms with van der Waals surface area (Å²) in [7, 11) is 1.36. The number of rotatable bonds is 3. The SMILES string of the molecule is COC(=O)c1ccc(C2CNCCN2C(=O)c2cccc3[nH]ccc23)cc1. The topological polar surface area (TPSA) is 74.4 Å². The molecule has 1 atom stereocenters. The number of benzene rings is 2. The van der Waals surface area contributed by atoms with Crippen molar-refractivity contribution in [2.24, 2.45) is 0 Å². The first-order valence-corrected chi connectivity index (χ1v) is 8.95. The molecule has 0 aliphatic carbocycles. The number of H-pyrrole nitrogens is 1. The Labute approximate surface area is 157 Å². The van der Waals surface area contributed by atoms with Crippen LogP contribution in [-0.2, 0) is 4.74 Å². The monoisotopic (exact) mass is 363 g/mol. The number of piperazine rings is 1. The number of methoxy groups -OCH3 is 1. The molecule has 1 aliphatic heterocycles. The predicted octanol–water partition coefficient (Wildman–Crippen LogP) is 2.74. The standard InChI is InChI=1S/C21H21N3O3/c1-27-21(26)15-7-5-14(6-8-15)19-13-22-11-12-24(19)20(25)17-3-2-4-18-16(17)9-10-23-18/h2-10,19,22-23H,11-13H2,1H3. The van der Waals surface area contributed by atoms with E-state index < -0.39 is 0 Å². The number of esters is 1. The second-order valence-electron chi connectivity index (χ2n) is 6.58. The van der Waals surface area contributed by atoms with Crippen molar-refractivity contribution in [1.29, 1.82) is 0 Å². The molecule has 4 rings (SSSR count). The molecular formula is C21H21N3O3. The van der Waals surface area contributed by atoms with E-state index in [-0.39, 0.29) is 17.9 Å². The molecule has 2 aromatic carbocycles. The molecule has 1 aromatic heterocycles. The number of hydrogen-bond donors (Lipinski definition) is 2. The van der Waals surface area contributed by atoms with Crippen molar-refractivity contribution < 1.29 is 14.3 Å². The summed E-state index contributed by atoms with van der Waals surface area (Å²) >= 11 is 0. The molecule has 0 radical (unpaired) electrons. The molecule has 6 nitrogen and oxygen atoms in total. The number of nitrogens with zero attached hydrogens (tertiary/aromatic N) is 1. The summed E-state index contributed by atoms with van der Waals surface area (Å²) < 4.78 is 4.75. The Hall–Kier alpha value is -3.12. The van der Waals surface area contributed by atoms with E-state index in [2.05, 4.69) is 10.3 Å². The summed E-state index contributed by atoms with van der Waals surface area (Å²) in [5, 5.41) is 4.29. The van der Waals surface area contributed by atoms with Crippen molar-refractivity contribution in [3.63, 3.8) is 0 Å². The van der Waals surface area contributed by atoms with E-state index in [0.29, 0.717) is 24.2 Å². The molecular weight excluding hydrogens is 342 g/mol. The van der Waals surface area contributed by atoms with Gasteiger partial charge >= 0.3 is 5.97 Å². The Balaban J connectivity index is 1.65. The quantitative estimate of drug-likeness (QED) is 0.702. The Bertz CT molecular complexity index is 978. The number of amides is 1. The van der Waals surface area contributed by atoms with Crippen LogP contribution in [0.5, 0.6) is 0 Å². The van der Waals surface area contributed by atoms with Gasteiger partial charge in [-0.15, -0.1) is 0 Å². The summed E-state index contributed by atoms with van der Waals surface area (Å²) in [5.41, 5.74) is 3.14. The maximum absolute atomic E-state index is 13.3. The summed E-state index contributed by atoms with van der Waals surface area (Å²) in [6.45, 7) is 2.06. The number of carbonyl (C=O) groups is 2. The average molecular weight is 363 g/mol. The van der Waals surface area contributed by atoms with Gasteiger partial charge in [0.05, 0.1) is 18.7 Å². The third-order valence-electron chi connectivity index (χ3n) is 5.05. The third-order valence-corrected chi connectivity index (χ3v) is 5.05. The molecule has 138 valence electrons. The number of fused-ring (bicyclic) bond motifs is 1. The van der Waals surface area contributed by atoms with Gasteiger partial charge in [-0.05, 0) is 35.9 Å². The van der Waals surface area contributed by atoms with E-state index in [4.69, 9.17) is 4.74 Å². The molecule has 1 aliphatic rings. The lowest BCUT2D eigenvalue weighted by molar-refractivity contribution is 0.0597. The average Bonchev–Trinajstić information content (AvgIpc) is 3.22. The first-order valence-electron chi connectivity index (χ1n) is 8.95. The Kier molecular flexibility index (Phi) is 4.64. The van der Waals surface area contributed by atoms with E-state index >= 15 is 0 Å². The van der Waals surface area contributed by atoms with Crippen LogP contribution in [0.15, 0.2) is 54.7 Å². The van der Waals surface area contributed by atoms with Gasteiger partial charge in [-0.2, -0.15) is 0 Å². The molecule has 27 heavy (non-hydrogen) atoms. The van der Waals surface area contributed by atoms with Gasteiger partial charge in [0.15, 0.2) is 0 Å². The predicted molar refractivity (Wildman–Crippen MR) is 103 cm³/mol. The molecule has 2 heterocycles. The summed E-state index contributed by atoms with van der Waals surface area (Å²) in [6, 6.07) is 14.8. The fraction of sp³-hybridized carbons (Fsp3) is 0.238. The highest BCUT2D eigenvalue weighted by Crippen LogP contribution is 2.27. The Morgan fingerprint density at radius 3 is 2.70 bits per heavy atom. The molecule has 0 spiro atoms. The third kappa shape index (κ3) is 3.19. The molecule has 1 amide bonds. The van der Waals surface area contributed by atoms with Crippen LogP contribution in [0.1, 0.15) is 32.3 Å². The van der Waals surface area contributed by atoms with E-state index in [9.17, 15) is 9.59 Å². The lowest BCUT2D eigenvalue weighted by Gasteiger charge is -2.36. The highest BCUT2D eigenvalue weighted by atomic mass is 16.5. The minimum absolute atomic E-state index is 0.0174. The highest BCUT2D eigenvalue weighted by Gasteiger charge is 2.29. The van der Waals surface area contributed by atoms with Crippen LogP contribution in [0, 0.1) is 0 Å². The number of carbonyl (C=O) groups excluding carboxylic acids is 2. The van der Waals surface area contributed by atoms with Gasteiger partial charge in [0.2, 0.25) is 0 Å². The van der Waals surface area contributed by atoms with Crippen LogP contribution in [0.25, 0.3) is 10.9 Å². The van der Waals surface area contributed by atoms with Crippen LogP contribution in [0.2, 0.25) is 0 Å². The molecule has 1 saturated heterocycles. The summed E-state index contributed by atoms with van der Waals surface area (Å²) in [4.78, 5) is 30.0. The van der Waals surface area contributed by atoms with Gasteiger partial charge in [-0.1, -0.05) is 18.2 Å². The lowest BCUT2D eigenvalue weighted by atomic mass is 9.99. The van der Waals surface area contributed by atoms with Crippen LogP contribution in [0.4, 0.5) is 0 Å². The van der Waals surface area contributed by atoms with Crippen LogP contribution in [0.3, 0.4) is 0 Å². The van der Waals surface area contributed by atoms with Crippen molar-refractivity contribution in [1.82, 2.24) is 15.2 Å². The zero-order chi connectivity index (χ0) is 18.8. The van der Waals surface area contributed by atoms with Gasteiger partial charge < -0.3 is 19.9 Å². The zero-order valence-electron chi connectivity index (χ0n) is 15.1. The minimum Gasteiger partial charge on any atom is -0.465 e. The largest absolute Gasteiger partial charge is 0.465 e. The molecule has 0 bridgehead atoms. The number of aromatic amines is 1. The van der Waals surface area contributed by atoms with E-state index in [0.717, 1.165) is 23.0 Å². The number of nitrogens with one attached hydrogen (secondary N) is 2. The van der Waals surface area contributed by atoms with Crippen molar-refractivity contribution in [2.45, 2.75) is 6.04 Å². The molecule has 2 N–H and O–H groups in total. The van der Waals surface area contributed by atoms with E-state index in [1.165, 1.54) is 7.11 Å². The smallest absolute Gasteiger partial charge is 0.337 e. The molecule has 6 heteroatoms. The summed E-state index contributed by atoms with van der Waals surface area (Å²) in [5.74, 6) is -0.348. The van der Waals surface area contributed by atoms with Gasteiger partial charge in [-0.25, -0.2) is 4.79 Å². The lowest BCUT2D eigenvalue weighted by Crippen LogP contribution is -2.48. The molecule has 0 saturated carbocycles. The maximum Gasteiger partial charge on any atom is 0.337 e. The molecule has 1 fully saturated rings. The second kappa shape index (κ2) is 7.25. The fourth-order valence-electron chi connectivity index (χ4n) is 3.63. The van der Waals surface area contributed by atoms with Crippen LogP contribution >= 0.6 is 0 Å². The van der Waals surface area contributed by atoms with Gasteiger partial charge in [0, 0.05) is 42.3 Å². The van der Waals surface area contributed by atoms with Crippen LogP contribution in [-0.4, -0.2) is 48.5 Å².